The second-order valence-electron chi connectivity index (χ2n) is 2.71. The van der Waals surface area contributed by atoms with Crippen molar-refractivity contribution < 1.29 is 15.0 Å². The van der Waals surface area contributed by atoms with E-state index in [1.807, 2.05) is 6.92 Å². The van der Waals surface area contributed by atoms with Crippen molar-refractivity contribution >= 4 is 5.97 Å². The smallest absolute Gasteiger partial charge is 0.331 e. The zero-order valence-electron chi connectivity index (χ0n) is 7.63. The van der Waals surface area contributed by atoms with Crippen molar-refractivity contribution in [3.8, 4) is 0 Å². The Morgan fingerprint density at radius 1 is 1.42 bits per heavy atom. The first-order valence-electron chi connectivity index (χ1n) is 4.16. The number of aliphatic hydroxyl groups excluding tert-OH is 1. The van der Waals surface area contributed by atoms with Gasteiger partial charge in [0.1, 0.15) is 0 Å². The molecule has 0 aliphatic rings. The molecule has 3 heteroatoms. The van der Waals surface area contributed by atoms with E-state index in [1.165, 1.54) is 0 Å². The molecule has 0 fully saturated rings. The highest BCUT2D eigenvalue weighted by Crippen LogP contribution is 2.14. The summed E-state index contributed by atoms with van der Waals surface area (Å²) < 4.78 is 0. The average molecular weight is 172 g/mol. The Balaban J connectivity index is 4.28. The van der Waals surface area contributed by atoms with Crippen LogP contribution >= 0.6 is 0 Å². The van der Waals surface area contributed by atoms with Gasteiger partial charge >= 0.3 is 5.97 Å². The highest BCUT2D eigenvalue weighted by molar-refractivity contribution is 5.86. The van der Waals surface area contributed by atoms with Gasteiger partial charge in [-0.1, -0.05) is 12.5 Å². The van der Waals surface area contributed by atoms with Gasteiger partial charge in [-0.25, -0.2) is 4.79 Å². The lowest BCUT2D eigenvalue weighted by molar-refractivity contribution is -0.132. The summed E-state index contributed by atoms with van der Waals surface area (Å²) in [5, 5.41) is 17.2. The number of carboxylic acid groups (broad SMARTS) is 1. The zero-order chi connectivity index (χ0) is 9.56. The van der Waals surface area contributed by atoms with Gasteiger partial charge in [0.25, 0.3) is 0 Å². The molecular weight excluding hydrogens is 156 g/mol. The Morgan fingerprint density at radius 3 is 2.33 bits per heavy atom. The summed E-state index contributed by atoms with van der Waals surface area (Å²) in [5.41, 5.74) is 1.35. The molecule has 2 N–H and O–H groups in total. The summed E-state index contributed by atoms with van der Waals surface area (Å²) >= 11 is 0. The summed E-state index contributed by atoms with van der Waals surface area (Å²) in [6.07, 6.45) is 2.08. The van der Waals surface area contributed by atoms with Crippen LogP contribution in [0.5, 0.6) is 0 Å². The standard InChI is InChI=1S/C9H16O3/c1-3-8(5-4-6-10)7(2)9(11)12/h10H,3-6H2,1-2H3,(H,11,12). The van der Waals surface area contributed by atoms with Crippen LogP contribution in [0.4, 0.5) is 0 Å². The molecule has 0 radical (unpaired) electrons. The van der Waals surface area contributed by atoms with Crippen LogP contribution in [0.1, 0.15) is 33.1 Å². The second kappa shape index (κ2) is 5.77. The van der Waals surface area contributed by atoms with Gasteiger partial charge in [0.2, 0.25) is 0 Å². The number of aliphatic carboxylic acids is 1. The Kier molecular flexibility index (Phi) is 5.37. The summed E-state index contributed by atoms with van der Waals surface area (Å²) in [4.78, 5) is 10.5. The highest BCUT2D eigenvalue weighted by atomic mass is 16.4. The van der Waals surface area contributed by atoms with Crippen LogP contribution in [0.25, 0.3) is 0 Å². The van der Waals surface area contributed by atoms with Crippen molar-refractivity contribution in [2.45, 2.75) is 33.1 Å². The number of carbonyl (C=O) groups is 1. The molecule has 0 saturated carbocycles. The Hall–Kier alpha value is -0.830. The van der Waals surface area contributed by atoms with Crippen LogP contribution in [0.15, 0.2) is 11.1 Å². The van der Waals surface area contributed by atoms with Crippen LogP contribution in [0.2, 0.25) is 0 Å². The van der Waals surface area contributed by atoms with E-state index in [0.29, 0.717) is 18.4 Å². The van der Waals surface area contributed by atoms with Gasteiger partial charge in [0.15, 0.2) is 0 Å². The Bertz CT molecular complexity index is 182. The lowest BCUT2D eigenvalue weighted by Crippen LogP contribution is -2.01. The zero-order valence-corrected chi connectivity index (χ0v) is 7.63. The van der Waals surface area contributed by atoms with Gasteiger partial charge in [-0.15, -0.1) is 0 Å². The van der Waals surface area contributed by atoms with Crippen molar-refractivity contribution in [2.75, 3.05) is 6.61 Å². The van der Waals surface area contributed by atoms with Gasteiger partial charge in [0, 0.05) is 12.2 Å². The average Bonchev–Trinajstić information content (AvgIpc) is 2.05. The second-order valence-corrected chi connectivity index (χ2v) is 2.71. The first kappa shape index (κ1) is 11.2. The molecule has 0 aromatic rings. The quantitative estimate of drug-likeness (QED) is 0.619. The summed E-state index contributed by atoms with van der Waals surface area (Å²) in [7, 11) is 0. The number of hydrogen-bond acceptors (Lipinski definition) is 2. The molecule has 0 saturated heterocycles. The van der Waals surface area contributed by atoms with Crippen molar-refractivity contribution in [1.82, 2.24) is 0 Å². The Labute approximate surface area is 72.7 Å². The molecule has 3 nitrogen and oxygen atoms in total. The number of aliphatic hydroxyl groups is 1. The van der Waals surface area contributed by atoms with E-state index in [9.17, 15) is 4.79 Å². The van der Waals surface area contributed by atoms with Gasteiger partial charge in [-0.3, -0.25) is 0 Å². The van der Waals surface area contributed by atoms with Crippen LogP contribution in [-0.4, -0.2) is 22.8 Å². The molecule has 0 atom stereocenters. The molecule has 0 spiro atoms. The van der Waals surface area contributed by atoms with E-state index in [-0.39, 0.29) is 6.61 Å². The topological polar surface area (TPSA) is 57.5 Å². The van der Waals surface area contributed by atoms with Crippen molar-refractivity contribution in [2.24, 2.45) is 0 Å². The molecule has 0 aliphatic carbocycles. The lowest BCUT2D eigenvalue weighted by Gasteiger charge is -2.05. The molecule has 0 unspecified atom stereocenters. The molecule has 0 bridgehead atoms. The lowest BCUT2D eigenvalue weighted by atomic mass is 10.0. The molecule has 0 aliphatic heterocycles. The van der Waals surface area contributed by atoms with E-state index in [0.717, 1.165) is 12.0 Å². The third-order valence-electron chi connectivity index (χ3n) is 1.91. The van der Waals surface area contributed by atoms with E-state index < -0.39 is 5.97 Å². The molecule has 0 amide bonds. The Morgan fingerprint density at radius 2 is 2.00 bits per heavy atom. The van der Waals surface area contributed by atoms with Gasteiger partial charge < -0.3 is 10.2 Å². The third kappa shape index (κ3) is 3.53. The number of hydrogen-bond donors (Lipinski definition) is 2. The number of carboxylic acids is 1. The van der Waals surface area contributed by atoms with Crippen molar-refractivity contribution in [3.63, 3.8) is 0 Å². The fraction of sp³-hybridized carbons (Fsp3) is 0.667. The number of allylic oxidation sites excluding steroid dienone is 1. The highest BCUT2D eigenvalue weighted by Gasteiger charge is 2.06. The number of rotatable bonds is 5. The molecule has 0 aromatic heterocycles. The predicted molar refractivity (Wildman–Crippen MR) is 46.9 cm³/mol. The van der Waals surface area contributed by atoms with E-state index in [1.54, 1.807) is 6.92 Å². The first-order valence-corrected chi connectivity index (χ1v) is 4.16. The van der Waals surface area contributed by atoms with Crippen molar-refractivity contribution in [3.05, 3.63) is 11.1 Å². The molecule has 70 valence electrons. The third-order valence-corrected chi connectivity index (χ3v) is 1.91. The van der Waals surface area contributed by atoms with Crippen LogP contribution < -0.4 is 0 Å². The first-order chi connectivity index (χ1) is 5.63. The molecule has 0 rings (SSSR count). The fourth-order valence-corrected chi connectivity index (χ4v) is 1.07. The molecule has 0 aromatic carbocycles. The van der Waals surface area contributed by atoms with Gasteiger partial charge in [-0.2, -0.15) is 0 Å². The largest absolute Gasteiger partial charge is 0.478 e. The van der Waals surface area contributed by atoms with E-state index in [2.05, 4.69) is 0 Å². The van der Waals surface area contributed by atoms with Crippen LogP contribution in [0.3, 0.4) is 0 Å². The van der Waals surface area contributed by atoms with Crippen LogP contribution in [-0.2, 0) is 4.79 Å². The molecular formula is C9H16O3. The SMILES string of the molecule is CCC(CCCO)=C(C)C(=O)O. The summed E-state index contributed by atoms with van der Waals surface area (Å²) in [5.74, 6) is -0.857. The molecule has 0 heterocycles. The minimum Gasteiger partial charge on any atom is -0.478 e. The van der Waals surface area contributed by atoms with Gasteiger partial charge in [0.05, 0.1) is 0 Å². The van der Waals surface area contributed by atoms with Crippen molar-refractivity contribution in [1.29, 1.82) is 0 Å². The maximum Gasteiger partial charge on any atom is 0.331 e. The minimum atomic E-state index is -0.857. The maximum atomic E-state index is 10.5. The predicted octanol–water partition coefficient (Wildman–Crippen LogP) is 1.57. The summed E-state index contributed by atoms with van der Waals surface area (Å²) in [6.45, 7) is 3.66. The molecule has 12 heavy (non-hydrogen) atoms. The van der Waals surface area contributed by atoms with Gasteiger partial charge in [-0.05, 0) is 26.2 Å². The van der Waals surface area contributed by atoms with E-state index in [4.69, 9.17) is 10.2 Å². The monoisotopic (exact) mass is 172 g/mol. The normalized spacial score (nSPS) is 12.6. The fourth-order valence-electron chi connectivity index (χ4n) is 1.07. The van der Waals surface area contributed by atoms with Crippen LogP contribution in [0, 0.1) is 0 Å². The van der Waals surface area contributed by atoms with E-state index >= 15 is 0 Å². The minimum absolute atomic E-state index is 0.121. The maximum absolute atomic E-state index is 10.5. The summed E-state index contributed by atoms with van der Waals surface area (Å²) in [6, 6.07) is 0.